The van der Waals surface area contributed by atoms with Crippen LogP contribution in [-0.2, 0) is 0 Å². The highest BCUT2D eigenvalue weighted by molar-refractivity contribution is 5.20. The molecule has 102 valence electrons. The van der Waals surface area contributed by atoms with Gasteiger partial charge >= 0.3 is 0 Å². The summed E-state index contributed by atoms with van der Waals surface area (Å²) in [5.41, 5.74) is 0.358. The lowest BCUT2D eigenvalue weighted by molar-refractivity contribution is 0.174. The molecule has 0 aliphatic rings. The van der Waals surface area contributed by atoms with E-state index in [0.717, 1.165) is 37.9 Å². The van der Waals surface area contributed by atoms with E-state index in [1.54, 1.807) is 0 Å². The van der Waals surface area contributed by atoms with E-state index in [1.807, 2.05) is 0 Å². The second kappa shape index (κ2) is 8.13. The molecule has 0 heterocycles. The van der Waals surface area contributed by atoms with Crippen LogP contribution in [0.5, 0.6) is 0 Å². The zero-order valence-corrected chi connectivity index (χ0v) is 10.2. The first-order valence-corrected chi connectivity index (χ1v) is 6.09. The fourth-order valence-electron chi connectivity index (χ4n) is 1.61. The van der Waals surface area contributed by atoms with E-state index in [9.17, 15) is 13.9 Å². The summed E-state index contributed by atoms with van der Waals surface area (Å²) in [6.45, 7) is 1.21. The molecule has 1 aromatic carbocycles. The van der Waals surface area contributed by atoms with E-state index < -0.39 is 17.7 Å². The zero-order chi connectivity index (χ0) is 13.4. The highest BCUT2D eigenvalue weighted by Gasteiger charge is 2.10. The molecule has 3 N–H and O–H groups in total. The third-order valence-corrected chi connectivity index (χ3v) is 2.68. The van der Waals surface area contributed by atoms with Crippen molar-refractivity contribution in [3.05, 3.63) is 35.4 Å². The van der Waals surface area contributed by atoms with E-state index in [-0.39, 0.29) is 6.61 Å². The second-order valence-corrected chi connectivity index (χ2v) is 4.18. The predicted octanol–water partition coefficient (Wildman–Crippen LogP) is 1.75. The number of hydrogen-bond acceptors (Lipinski definition) is 3. The molecule has 18 heavy (non-hydrogen) atoms. The standard InChI is InChI=1S/C13H19F2NO2/c14-11-5-4-10(8-12(11)15)13(18)9-16-6-2-1-3-7-17/h4-5,8,13,16-18H,1-3,6-7,9H2. The lowest BCUT2D eigenvalue weighted by atomic mass is 10.1. The van der Waals surface area contributed by atoms with Crippen LogP contribution in [-0.4, -0.2) is 29.9 Å². The molecule has 0 saturated heterocycles. The third-order valence-electron chi connectivity index (χ3n) is 2.68. The maximum atomic E-state index is 12.9. The minimum atomic E-state index is -0.950. The van der Waals surface area contributed by atoms with Gasteiger partial charge in [0.2, 0.25) is 0 Å². The number of benzene rings is 1. The number of hydrogen-bond donors (Lipinski definition) is 3. The Morgan fingerprint density at radius 2 is 1.89 bits per heavy atom. The molecular weight excluding hydrogens is 240 g/mol. The Balaban J connectivity index is 2.27. The Hall–Kier alpha value is -1.04. The van der Waals surface area contributed by atoms with Crippen LogP contribution >= 0.6 is 0 Å². The van der Waals surface area contributed by atoms with E-state index >= 15 is 0 Å². The van der Waals surface area contributed by atoms with Gasteiger partial charge in [-0.25, -0.2) is 8.78 Å². The number of unbranched alkanes of at least 4 members (excludes halogenated alkanes) is 2. The van der Waals surface area contributed by atoms with E-state index in [1.165, 1.54) is 6.07 Å². The first-order chi connectivity index (χ1) is 8.65. The molecule has 1 aromatic rings. The van der Waals surface area contributed by atoms with Gasteiger partial charge in [0.05, 0.1) is 6.10 Å². The summed E-state index contributed by atoms with van der Waals surface area (Å²) in [5, 5.41) is 21.4. The molecule has 0 spiro atoms. The summed E-state index contributed by atoms with van der Waals surface area (Å²) < 4.78 is 25.6. The van der Waals surface area contributed by atoms with Crippen LogP contribution in [0.2, 0.25) is 0 Å². The Morgan fingerprint density at radius 1 is 1.11 bits per heavy atom. The summed E-state index contributed by atoms with van der Waals surface area (Å²) >= 11 is 0. The predicted molar refractivity (Wildman–Crippen MR) is 65.1 cm³/mol. The molecule has 1 atom stereocenters. The van der Waals surface area contributed by atoms with Gasteiger partial charge in [-0.15, -0.1) is 0 Å². The molecule has 0 bridgehead atoms. The van der Waals surface area contributed by atoms with E-state index in [0.29, 0.717) is 12.1 Å². The highest BCUT2D eigenvalue weighted by atomic mass is 19.2. The number of aliphatic hydroxyl groups excluding tert-OH is 2. The number of rotatable bonds is 8. The molecule has 0 aliphatic heterocycles. The molecule has 0 amide bonds. The minimum Gasteiger partial charge on any atom is -0.396 e. The zero-order valence-electron chi connectivity index (χ0n) is 10.2. The van der Waals surface area contributed by atoms with Crippen molar-refractivity contribution in [1.29, 1.82) is 0 Å². The normalized spacial score (nSPS) is 12.7. The first kappa shape index (κ1) is 15.0. The summed E-state index contributed by atoms with van der Waals surface area (Å²) in [6, 6.07) is 3.39. The van der Waals surface area contributed by atoms with E-state index in [2.05, 4.69) is 5.32 Å². The van der Waals surface area contributed by atoms with Gasteiger partial charge in [0.25, 0.3) is 0 Å². The maximum Gasteiger partial charge on any atom is 0.159 e. The Bertz CT molecular complexity index is 361. The van der Waals surface area contributed by atoms with Crippen LogP contribution in [0.1, 0.15) is 30.9 Å². The van der Waals surface area contributed by atoms with Crippen LogP contribution in [0, 0.1) is 11.6 Å². The molecule has 1 unspecified atom stereocenters. The molecular formula is C13H19F2NO2. The number of halogens is 2. The van der Waals surface area contributed by atoms with Gasteiger partial charge in [-0.05, 0) is 43.5 Å². The molecule has 3 nitrogen and oxygen atoms in total. The number of nitrogens with one attached hydrogen (secondary N) is 1. The molecule has 1 rings (SSSR count). The van der Waals surface area contributed by atoms with Crippen LogP contribution in [0.3, 0.4) is 0 Å². The van der Waals surface area contributed by atoms with Gasteiger partial charge < -0.3 is 15.5 Å². The van der Waals surface area contributed by atoms with Gasteiger partial charge in [-0.1, -0.05) is 6.07 Å². The first-order valence-electron chi connectivity index (χ1n) is 6.09. The average Bonchev–Trinajstić information content (AvgIpc) is 2.36. The lowest BCUT2D eigenvalue weighted by Crippen LogP contribution is -2.22. The minimum absolute atomic E-state index is 0.192. The summed E-state index contributed by atoms with van der Waals surface area (Å²) in [6.07, 6.45) is 1.75. The van der Waals surface area contributed by atoms with Crippen LogP contribution in [0.15, 0.2) is 18.2 Å². The molecule has 0 aliphatic carbocycles. The van der Waals surface area contributed by atoms with Crippen molar-refractivity contribution in [2.45, 2.75) is 25.4 Å². The van der Waals surface area contributed by atoms with Gasteiger partial charge in [0.1, 0.15) is 0 Å². The van der Waals surface area contributed by atoms with E-state index in [4.69, 9.17) is 5.11 Å². The van der Waals surface area contributed by atoms with Crippen LogP contribution in [0.4, 0.5) is 8.78 Å². The van der Waals surface area contributed by atoms with Crippen molar-refractivity contribution < 1.29 is 19.0 Å². The Labute approximate surface area is 105 Å². The van der Waals surface area contributed by atoms with Gasteiger partial charge in [-0.2, -0.15) is 0 Å². The quantitative estimate of drug-likeness (QED) is 0.623. The third kappa shape index (κ3) is 5.08. The summed E-state index contributed by atoms with van der Waals surface area (Å²) in [5.74, 6) is -1.86. The van der Waals surface area contributed by atoms with Gasteiger partial charge in [0.15, 0.2) is 11.6 Å². The largest absolute Gasteiger partial charge is 0.396 e. The Kier molecular flexibility index (Phi) is 6.78. The van der Waals surface area contributed by atoms with Crippen molar-refractivity contribution in [3.63, 3.8) is 0 Å². The van der Waals surface area contributed by atoms with Crippen molar-refractivity contribution in [2.24, 2.45) is 0 Å². The SMILES string of the molecule is OCCCCCNCC(O)c1ccc(F)c(F)c1. The van der Waals surface area contributed by atoms with Crippen molar-refractivity contribution >= 4 is 0 Å². The van der Waals surface area contributed by atoms with Gasteiger partial charge in [0, 0.05) is 13.2 Å². The second-order valence-electron chi connectivity index (χ2n) is 4.18. The van der Waals surface area contributed by atoms with Gasteiger partial charge in [-0.3, -0.25) is 0 Å². The van der Waals surface area contributed by atoms with Crippen molar-refractivity contribution in [2.75, 3.05) is 19.7 Å². The highest BCUT2D eigenvalue weighted by Crippen LogP contribution is 2.15. The lowest BCUT2D eigenvalue weighted by Gasteiger charge is -2.12. The smallest absolute Gasteiger partial charge is 0.159 e. The molecule has 0 radical (unpaired) electrons. The maximum absolute atomic E-state index is 12.9. The fourth-order valence-corrected chi connectivity index (χ4v) is 1.61. The van der Waals surface area contributed by atoms with Crippen molar-refractivity contribution in [3.8, 4) is 0 Å². The molecule has 0 fully saturated rings. The monoisotopic (exact) mass is 259 g/mol. The molecule has 5 heteroatoms. The summed E-state index contributed by atoms with van der Waals surface area (Å²) in [7, 11) is 0. The van der Waals surface area contributed by atoms with Crippen molar-refractivity contribution in [1.82, 2.24) is 5.32 Å². The Morgan fingerprint density at radius 3 is 2.56 bits per heavy atom. The molecule has 0 saturated carbocycles. The van der Waals surface area contributed by atoms with Crippen LogP contribution in [0.25, 0.3) is 0 Å². The fraction of sp³-hybridized carbons (Fsp3) is 0.538. The topological polar surface area (TPSA) is 52.5 Å². The summed E-state index contributed by atoms with van der Waals surface area (Å²) in [4.78, 5) is 0. The number of aliphatic hydroxyl groups is 2. The van der Waals surface area contributed by atoms with Crippen LogP contribution < -0.4 is 5.32 Å². The molecule has 0 aromatic heterocycles. The average molecular weight is 259 g/mol.